The highest BCUT2D eigenvalue weighted by atomic mass is 35.5. The molecule has 2 rings (SSSR count). The molecule has 0 amide bonds. The SMILES string of the molecule is CC(NCc1cc(Cl)cc(Cl)c1)C1CCOC1. The first-order chi connectivity index (χ1) is 8.15. The van der Waals surface area contributed by atoms with Gasteiger partial charge in [-0.15, -0.1) is 0 Å². The summed E-state index contributed by atoms with van der Waals surface area (Å²) < 4.78 is 5.39. The summed E-state index contributed by atoms with van der Waals surface area (Å²) in [4.78, 5) is 0. The van der Waals surface area contributed by atoms with Crippen LogP contribution in [0.25, 0.3) is 0 Å². The molecule has 1 N–H and O–H groups in total. The molecule has 1 saturated heterocycles. The lowest BCUT2D eigenvalue weighted by atomic mass is 10.0. The van der Waals surface area contributed by atoms with Crippen LogP contribution in [0, 0.1) is 5.92 Å². The van der Waals surface area contributed by atoms with Crippen LogP contribution in [0.15, 0.2) is 18.2 Å². The monoisotopic (exact) mass is 273 g/mol. The van der Waals surface area contributed by atoms with Crippen LogP contribution in [-0.4, -0.2) is 19.3 Å². The highest BCUT2D eigenvalue weighted by Gasteiger charge is 2.21. The van der Waals surface area contributed by atoms with E-state index in [0.29, 0.717) is 22.0 Å². The molecule has 1 aliphatic rings. The zero-order valence-corrected chi connectivity index (χ0v) is 11.4. The molecule has 2 nitrogen and oxygen atoms in total. The maximum Gasteiger partial charge on any atom is 0.0509 e. The minimum atomic E-state index is 0.454. The van der Waals surface area contributed by atoms with Crippen molar-refractivity contribution in [1.29, 1.82) is 0 Å². The lowest BCUT2D eigenvalue weighted by molar-refractivity contribution is 0.178. The Labute approximate surface area is 112 Å². The van der Waals surface area contributed by atoms with E-state index in [1.165, 1.54) is 0 Å². The number of benzene rings is 1. The topological polar surface area (TPSA) is 21.3 Å². The van der Waals surface area contributed by atoms with E-state index >= 15 is 0 Å². The van der Waals surface area contributed by atoms with Crippen LogP contribution in [0.1, 0.15) is 18.9 Å². The quantitative estimate of drug-likeness (QED) is 0.907. The third kappa shape index (κ3) is 3.85. The summed E-state index contributed by atoms with van der Waals surface area (Å²) >= 11 is 11.9. The van der Waals surface area contributed by atoms with Gasteiger partial charge in [0.15, 0.2) is 0 Å². The van der Waals surface area contributed by atoms with Gasteiger partial charge in [-0.05, 0) is 43.0 Å². The number of hydrogen-bond acceptors (Lipinski definition) is 2. The molecule has 1 fully saturated rings. The van der Waals surface area contributed by atoms with E-state index in [2.05, 4.69) is 12.2 Å². The fraction of sp³-hybridized carbons (Fsp3) is 0.538. The van der Waals surface area contributed by atoms with Crippen LogP contribution >= 0.6 is 23.2 Å². The number of hydrogen-bond donors (Lipinski definition) is 1. The van der Waals surface area contributed by atoms with Gasteiger partial charge in [0.25, 0.3) is 0 Å². The normalized spacial score (nSPS) is 21.7. The summed E-state index contributed by atoms with van der Waals surface area (Å²) in [5, 5.41) is 4.87. The zero-order chi connectivity index (χ0) is 12.3. The minimum absolute atomic E-state index is 0.454. The number of rotatable bonds is 4. The van der Waals surface area contributed by atoms with E-state index in [9.17, 15) is 0 Å². The van der Waals surface area contributed by atoms with Crippen molar-refractivity contribution in [3.8, 4) is 0 Å². The third-order valence-electron chi connectivity index (χ3n) is 3.22. The van der Waals surface area contributed by atoms with Crippen molar-refractivity contribution in [3.05, 3.63) is 33.8 Å². The van der Waals surface area contributed by atoms with Crippen LogP contribution in [0.2, 0.25) is 10.0 Å². The molecule has 1 heterocycles. The maximum absolute atomic E-state index is 5.96. The standard InChI is InChI=1S/C13H17Cl2NO/c1-9(11-2-3-17-8-11)16-7-10-4-12(14)6-13(15)5-10/h4-6,9,11,16H,2-3,7-8H2,1H3. The van der Waals surface area contributed by atoms with Crippen molar-refractivity contribution < 1.29 is 4.74 Å². The Morgan fingerprint density at radius 3 is 2.65 bits per heavy atom. The molecule has 1 aliphatic heterocycles. The van der Waals surface area contributed by atoms with Crippen molar-refractivity contribution in [2.75, 3.05) is 13.2 Å². The Kier molecular flexibility index (Phi) is 4.69. The molecular formula is C13H17Cl2NO. The summed E-state index contributed by atoms with van der Waals surface area (Å²) in [5.74, 6) is 0.615. The van der Waals surface area contributed by atoms with Gasteiger partial charge in [0.1, 0.15) is 0 Å². The summed E-state index contributed by atoms with van der Waals surface area (Å²) in [7, 11) is 0. The molecule has 4 heteroatoms. The van der Waals surface area contributed by atoms with Crippen molar-refractivity contribution in [2.45, 2.75) is 25.9 Å². The number of ether oxygens (including phenoxy) is 1. The van der Waals surface area contributed by atoms with Gasteiger partial charge >= 0.3 is 0 Å². The lowest BCUT2D eigenvalue weighted by Crippen LogP contribution is -2.33. The Morgan fingerprint density at radius 2 is 2.06 bits per heavy atom. The zero-order valence-electron chi connectivity index (χ0n) is 9.88. The van der Waals surface area contributed by atoms with Crippen LogP contribution in [0.4, 0.5) is 0 Å². The van der Waals surface area contributed by atoms with Gasteiger partial charge in [-0.1, -0.05) is 23.2 Å². The number of nitrogens with one attached hydrogen (secondary N) is 1. The van der Waals surface area contributed by atoms with Crippen LogP contribution in [0.5, 0.6) is 0 Å². The van der Waals surface area contributed by atoms with Crippen molar-refractivity contribution >= 4 is 23.2 Å². The first-order valence-corrected chi connectivity index (χ1v) is 6.67. The second-order valence-corrected chi connectivity index (χ2v) is 5.44. The van der Waals surface area contributed by atoms with Gasteiger partial charge in [0.2, 0.25) is 0 Å². The van der Waals surface area contributed by atoms with Gasteiger partial charge in [0.05, 0.1) is 6.61 Å². The van der Waals surface area contributed by atoms with Crippen LogP contribution in [0.3, 0.4) is 0 Å². The van der Waals surface area contributed by atoms with E-state index in [1.54, 1.807) is 6.07 Å². The van der Waals surface area contributed by atoms with E-state index in [4.69, 9.17) is 27.9 Å². The smallest absolute Gasteiger partial charge is 0.0509 e. The molecule has 2 unspecified atom stereocenters. The van der Waals surface area contributed by atoms with Gasteiger partial charge in [0, 0.05) is 29.2 Å². The fourth-order valence-corrected chi connectivity index (χ4v) is 2.68. The maximum atomic E-state index is 5.96. The Bertz CT molecular complexity index is 357. The molecule has 2 atom stereocenters. The fourth-order valence-electron chi connectivity index (χ4n) is 2.11. The molecular weight excluding hydrogens is 257 g/mol. The van der Waals surface area contributed by atoms with Gasteiger partial charge in [-0.25, -0.2) is 0 Å². The highest BCUT2D eigenvalue weighted by molar-refractivity contribution is 6.34. The Balaban J connectivity index is 1.88. The highest BCUT2D eigenvalue weighted by Crippen LogP contribution is 2.20. The summed E-state index contributed by atoms with van der Waals surface area (Å²) in [6.45, 7) is 4.74. The second-order valence-electron chi connectivity index (χ2n) is 4.57. The molecule has 1 aromatic rings. The van der Waals surface area contributed by atoms with E-state index in [1.807, 2.05) is 12.1 Å². The van der Waals surface area contributed by atoms with E-state index in [-0.39, 0.29) is 0 Å². The predicted molar refractivity (Wildman–Crippen MR) is 71.7 cm³/mol. The van der Waals surface area contributed by atoms with Gasteiger partial charge in [-0.3, -0.25) is 0 Å². The first-order valence-electron chi connectivity index (χ1n) is 5.91. The summed E-state index contributed by atoms with van der Waals surface area (Å²) in [6, 6.07) is 6.09. The Hall–Kier alpha value is -0.280. The second kappa shape index (κ2) is 6.05. The molecule has 0 spiro atoms. The van der Waals surface area contributed by atoms with Crippen LogP contribution < -0.4 is 5.32 Å². The summed E-state index contributed by atoms with van der Waals surface area (Å²) in [6.07, 6.45) is 1.14. The molecule has 94 valence electrons. The molecule has 1 aromatic carbocycles. The van der Waals surface area contributed by atoms with E-state index in [0.717, 1.165) is 31.7 Å². The van der Waals surface area contributed by atoms with Crippen LogP contribution in [-0.2, 0) is 11.3 Å². The minimum Gasteiger partial charge on any atom is -0.381 e. The van der Waals surface area contributed by atoms with Gasteiger partial charge in [-0.2, -0.15) is 0 Å². The van der Waals surface area contributed by atoms with Crippen molar-refractivity contribution in [3.63, 3.8) is 0 Å². The summed E-state index contributed by atoms with van der Waals surface area (Å²) in [5.41, 5.74) is 1.12. The van der Waals surface area contributed by atoms with E-state index < -0.39 is 0 Å². The van der Waals surface area contributed by atoms with Crippen molar-refractivity contribution in [2.24, 2.45) is 5.92 Å². The molecule has 0 saturated carbocycles. The molecule has 0 aromatic heterocycles. The average Bonchev–Trinajstić information content (AvgIpc) is 2.78. The predicted octanol–water partition coefficient (Wildman–Crippen LogP) is 3.51. The molecule has 0 aliphatic carbocycles. The third-order valence-corrected chi connectivity index (χ3v) is 3.66. The average molecular weight is 274 g/mol. The first kappa shape index (κ1) is 13.2. The number of halogens is 2. The molecule has 0 radical (unpaired) electrons. The molecule has 0 bridgehead atoms. The lowest BCUT2D eigenvalue weighted by Gasteiger charge is -2.19. The van der Waals surface area contributed by atoms with Crippen molar-refractivity contribution in [1.82, 2.24) is 5.32 Å². The van der Waals surface area contributed by atoms with Gasteiger partial charge < -0.3 is 10.1 Å². The Morgan fingerprint density at radius 1 is 1.35 bits per heavy atom. The largest absolute Gasteiger partial charge is 0.381 e. The molecule has 17 heavy (non-hydrogen) atoms.